The molecule has 3 aromatic heterocycles. The van der Waals surface area contributed by atoms with Crippen LogP contribution in [-0.2, 0) is 12.8 Å². The monoisotopic (exact) mass is 433 g/mol. The summed E-state index contributed by atoms with van der Waals surface area (Å²) in [6.07, 6.45) is 6.97. The number of nitrogen functional groups attached to an aromatic ring is 1. The van der Waals surface area contributed by atoms with Crippen LogP contribution in [0.1, 0.15) is 40.2 Å². The first-order chi connectivity index (χ1) is 15.2. The van der Waals surface area contributed by atoms with Gasteiger partial charge in [-0.25, -0.2) is 4.98 Å². The summed E-state index contributed by atoms with van der Waals surface area (Å²) in [4.78, 5) is 19.3. The van der Waals surface area contributed by atoms with Crippen LogP contribution in [0.4, 0.5) is 11.4 Å². The molecule has 1 aromatic carbocycles. The third kappa shape index (κ3) is 3.55. The minimum Gasteiger partial charge on any atom is -0.497 e. The zero-order chi connectivity index (χ0) is 21.4. The number of rotatable bonds is 4. The van der Waals surface area contributed by atoms with E-state index in [2.05, 4.69) is 5.32 Å². The average molecular weight is 434 g/mol. The van der Waals surface area contributed by atoms with Crippen LogP contribution in [-0.4, -0.2) is 18.0 Å². The summed E-state index contributed by atoms with van der Waals surface area (Å²) >= 11 is 1.34. The molecule has 1 aliphatic carbocycles. The van der Waals surface area contributed by atoms with Gasteiger partial charge in [0.05, 0.1) is 19.1 Å². The van der Waals surface area contributed by atoms with E-state index in [1.165, 1.54) is 23.3 Å². The third-order valence-corrected chi connectivity index (χ3v) is 6.82. The number of aryl methyl sites for hydroxylation is 1. The summed E-state index contributed by atoms with van der Waals surface area (Å²) in [5.74, 6) is 1.26. The van der Waals surface area contributed by atoms with Gasteiger partial charge in [0.25, 0.3) is 5.91 Å². The van der Waals surface area contributed by atoms with Crippen molar-refractivity contribution in [2.24, 2.45) is 0 Å². The molecule has 1 amide bonds. The van der Waals surface area contributed by atoms with E-state index in [1.54, 1.807) is 37.6 Å². The molecule has 0 spiro atoms. The number of hydrogen-bond acceptors (Lipinski definition) is 6. The fourth-order valence-corrected chi connectivity index (χ4v) is 5.23. The maximum atomic E-state index is 13.1. The van der Waals surface area contributed by atoms with Gasteiger partial charge in [-0.05, 0) is 67.6 Å². The molecule has 3 N–H and O–H groups in total. The van der Waals surface area contributed by atoms with Crippen LogP contribution >= 0.6 is 11.3 Å². The highest BCUT2D eigenvalue weighted by Gasteiger charge is 2.26. The molecule has 7 heteroatoms. The zero-order valence-corrected chi connectivity index (χ0v) is 18.1. The molecular formula is C24H23N3O3S. The van der Waals surface area contributed by atoms with E-state index >= 15 is 0 Å². The number of carbonyl (C=O) groups excluding carboxylic acids is 1. The number of furan rings is 1. The van der Waals surface area contributed by atoms with Crippen molar-refractivity contribution in [3.05, 3.63) is 58.8 Å². The molecular weight excluding hydrogens is 410 g/mol. The first-order valence-corrected chi connectivity index (χ1v) is 11.2. The number of thiophene rings is 1. The molecule has 0 saturated carbocycles. The molecule has 0 atom stereocenters. The van der Waals surface area contributed by atoms with E-state index in [4.69, 9.17) is 19.9 Å². The second-order valence-corrected chi connectivity index (χ2v) is 8.66. The van der Waals surface area contributed by atoms with E-state index in [0.717, 1.165) is 58.7 Å². The van der Waals surface area contributed by atoms with Crippen molar-refractivity contribution >= 4 is 38.8 Å². The molecule has 0 radical (unpaired) electrons. The molecule has 5 rings (SSSR count). The van der Waals surface area contributed by atoms with Gasteiger partial charge in [0, 0.05) is 22.3 Å². The quantitative estimate of drug-likeness (QED) is 0.405. The van der Waals surface area contributed by atoms with Crippen molar-refractivity contribution in [2.75, 3.05) is 18.2 Å². The van der Waals surface area contributed by atoms with Gasteiger partial charge < -0.3 is 20.2 Å². The number of hydrogen-bond donors (Lipinski definition) is 2. The van der Waals surface area contributed by atoms with E-state index in [9.17, 15) is 4.79 Å². The van der Waals surface area contributed by atoms with E-state index < -0.39 is 0 Å². The van der Waals surface area contributed by atoms with Gasteiger partial charge in [-0.15, -0.1) is 11.3 Å². The van der Waals surface area contributed by atoms with Gasteiger partial charge in [0.1, 0.15) is 21.2 Å². The number of methoxy groups -OCH3 is 1. The lowest BCUT2D eigenvalue weighted by molar-refractivity contribution is 0.103. The number of nitrogens with one attached hydrogen (secondary N) is 1. The molecule has 0 saturated heterocycles. The number of pyridine rings is 1. The Hall–Kier alpha value is -3.32. The number of nitrogens with two attached hydrogens (primary N) is 1. The Balaban J connectivity index is 1.61. The van der Waals surface area contributed by atoms with E-state index in [-0.39, 0.29) is 5.91 Å². The van der Waals surface area contributed by atoms with Crippen molar-refractivity contribution in [2.45, 2.75) is 32.1 Å². The fourth-order valence-electron chi connectivity index (χ4n) is 4.21. The lowest BCUT2D eigenvalue weighted by Gasteiger charge is -2.12. The van der Waals surface area contributed by atoms with Crippen molar-refractivity contribution in [1.82, 2.24) is 4.98 Å². The van der Waals surface area contributed by atoms with Gasteiger partial charge >= 0.3 is 0 Å². The van der Waals surface area contributed by atoms with Crippen LogP contribution < -0.4 is 15.8 Å². The fraction of sp³-hybridized carbons (Fsp3) is 0.250. The highest BCUT2D eigenvalue weighted by atomic mass is 32.1. The Morgan fingerprint density at radius 1 is 1.16 bits per heavy atom. The highest BCUT2D eigenvalue weighted by Crippen LogP contribution is 2.43. The average Bonchev–Trinajstić information content (AvgIpc) is 3.35. The van der Waals surface area contributed by atoms with E-state index in [0.29, 0.717) is 16.3 Å². The van der Waals surface area contributed by atoms with Crippen molar-refractivity contribution in [3.63, 3.8) is 0 Å². The number of amides is 1. The van der Waals surface area contributed by atoms with Gasteiger partial charge in [-0.2, -0.15) is 0 Å². The number of nitrogens with zero attached hydrogens (tertiary/aromatic N) is 1. The van der Waals surface area contributed by atoms with Crippen molar-refractivity contribution in [1.29, 1.82) is 0 Å². The predicted octanol–water partition coefficient (Wildman–Crippen LogP) is 5.67. The Morgan fingerprint density at radius 2 is 1.97 bits per heavy atom. The second kappa shape index (κ2) is 8.07. The highest BCUT2D eigenvalue weighted by molar-refractivity contribution is 7.21. The number of fused-ring (bicyclic) bond motifs is 2. The lowest BCUT2D eigenvalue weighted by atomic mass is 9.96. The van der Waals surface area contributed by atoms with Crippen LogP contribution in [0.5, 0.6) is 5.75 Å². The number of benzene rings is 1. The Morgan fingerprint density at radius 3 is 2.71 bits per heavy atom. The van der Waals surface area contributed by atoms with Crippen molar-refractivity contribution < 1.29 is 13.9 Å². The minimum absolute atomic E-state index is 0.244. The largest absolute Gasteiger partial charge is 0.497 e. The smallest absolute Gasteiger partial charge is 0.267 e. The topological polar surface area (TPSA) is 90.4 Å². The molecule has 1 aliphatic rings. The molecule has 0 bridgehead atoms. The summed E-state index contributed by atoms with van der Waals surface area (Å²) in [6, 6.07) is 11.0. The van der Waals surface area contributed by atoms with Crippen LogP contribution in [0.25, 0.3) is 21.5 Å². The molecule has 158 valence electrons. The van der Waals surface area contributed by atoms with Gasteiger partial charge in [-0.3, -0.25) is 4.79 Å². The number of anilines is 2. The number of ether oxygens (including phenoxy) is 1. The van der Waals surface area contributed by atoms with Crippen LogP contribution in [0.15, 0.2) is 47.1 Å². The van der Waals surface area contributed by atoms with Gasteiger partial charge in [0.15, 0.2) is 0 Å². The van der Waals surface area contributed by atoms with E-state index in [1.807, 2.05) is 12.1 Å². The standard InChI is InChI=1S/C24H23N3O3S/c1-29-15-11-9-14(10-12-15)26-23(28)22-21(25)20-19(18-8-5-13-30-18)16-6-3-2-4-7-17(16)27-24(20)31-22/h5,8-13H,2-4,6-7,25H2,1H3,(H,26,28). The molecule has 0 aliphatic heterocycles. The lowest BCUT2D eigenvalue weighted by Crippen LogP contribution is -2.11. The summed E-state index contributed by atoms with van der Waals surface area (Å²) < 4.78 is 11.0. The zero-order valence-electron chi connectivity index (χ0n) is 17.2. The Kier molecular flexibility index (Phi) is 5.11. The van der Waals surface area contributed by atoms with Crippen LogP contribution in [0.3, 0.4) is 0 Å². The third-order valence-electron chi connectivity index (χ3n) is 5.73. The molecule has 6 nitrogen and oxygen atoms in total. The molecule has 4 aromatic rings. The molecule has 31 heavy (non-hydrogen) atoms. The first-order valence-electron chi connectivity index (χ1n) is 10.4. The summed E-state index contributed by atoms with van der Waals surface area (Å²) in [7, 11) is 1.61. The number of aromatic nitrogens is 1. The summed E-state index contributed by atoms with van der Waals surface area (Å²) in [6.45, 7) is 0. The Bertz CT molecular complexity index is 1240. The first kappa shape index (κ1) is 19.6. The molecule has 0 fully saturated rings. The Labute approximate surface area is 184 Å². The minimum atomic E-state index is -0.244. The summed E-state index contributed by atoms with van der Waals surface area (Å²) in [5, 5.41) is 3.75. The number of carbonyl (C=O) groups is 1. The molecule has 3 heterocycles. The van der Waals surface area contributed by atoms with Gasteiger partial charge in [0.2, 0.25) is 0 Å². The predicted molar refractivity (Wildman–Crippen MR) is 124 cm³/mol. The maximum Gasteiger partial charge on any atom is 0.267 e. The van der Waals surface area contributed by atoms with Crippen LogP contribution in [0.2, 0.25) is 0 Å². The van der Waals surface area contributed by atoms with Crippen LogP contribution in [0, 0.1) is 0 Å². The maximum absolute atomic E-state index is 13.1. The SMILES string of the molecule is COc1ccc(NC(=O)c2sc3nc4c(c(-c5ccco5)c3c2N)CCCCC4)cc1. The molecule has 0 unspecified atom stereocenters. The normalized spacial score (nSPS) is 13.6. The van der Waals surface area contributed by atoms with Gasteiger partial charge in [-0.1, -0.05) is 6.42 Å². The second-order valence-electron chi connectivity index (χ2n) is 7.66. The summed E-state index contributed by atoms with van der Waals surface area (Å²) in [5.41, 5.74) is 11.0. The van der Waals surface area contributed by atoms with Crippen molar-refractivity contribution in [3.8, 4) is 17.1 Å².